The standard InChI is InChI=1S/C16H10Cl2N2O2S/c17-9-1-2-10(11(18)7-9)14-12(20-16-19-5-6-23-16)3-4-13-15(14)22-8-21-13/h1-7H,8H2,(H,19,20). The van der Waals surface area contributed by atoms with E-state index in [1.165, 1.54) is 11.3 Å². The van der Waals surface area contributed by atoms with E-state index in [0.717, 1.165) is 21.9 Å². The molecule has 0 amide bonds. The summed E-state index contributed by atoms with van der Waals surface area (Å²) in [5.74, 6) is 1.35. The first-order valence-electron chi connectivity index (χ1n) is 6.77. The second-order valence-electron chi connectivity index (χ2n) is 4.81. The summed E-state index contributed by atoms with van der Waals surface area (Å²) in [5, 5.41) is 7.12. The van der Waals surface area contributed by atoms with Crippen LogP contribution in [0.25, 0.3) is 11.1 Å². The fraction of sp³-hybridized carbons (Fsp3) is 0.0625. The third kappa shape index (κ3) is 2.72. The molecule has 4 nitrogen and oxygen atoms in total. The molecule has 3 aromatic rings. The maximum atomic E-state index is 6.40. The maximum absolute atomic E-state index is 6.40. The zero-order valence-corrected chi connectivity index (χ0v) is 14.0. The molecule has 1 aromatic heterocycles. The predicted molar refractivity (Wildman–Crippen MR) is 93.4 cm³/mol. The van der Waals surface area contributed by atoms with Crippen LogP contribution in [0, 0.1) is 0 Å². The van der Waals surface area contributed by atoms with Crippen LogP contribution in [0.1, 0.15) is 0 Å². The van der Waals surface area contributed by atoms with Crippen LogP contribution in [-0.4, -0.2) is 11.8 Å². The Hall–Kier alpha value is -1.95. The van der Waals surface area contributed by atoms with E-state index in [2.05, 4.69) is 10.3 Å². The van der Waals surface area contributed by atoms with Gasteiger partial charge in [0.25, 0.3) is 0 Å². The van der Waals surface area contributed by atoms with E-state index in [0.29, 0.717) is 21.5 Å². The molecule has 0 fully saturated rings. The summed E-state index contributed by atoms with van der Waals surface area (Å²) in [4.78, 5) is 4.26. The van der Waals surface area contributed by atoms with Crippen LogP contribution in [0.5, 0.6) is 11.5 Å². The van der Waals surface area contributed by atoms with Crippen LogP contribution in [0.3, 0.4) is 0 Å². The van der Waals surface area contributed by atoms with Gasteiger partial charge in [0, 0.05) is 22.2 Å². The zero-order chi connectivity index (χ0) is 15.8. The fourth-order valence-electron chi connectivity index (χ4n) is 2.44. The second-order valence-corrected chi connectivity index (χ2v) is 6.55. The Morgan fingerprint density at radius 2 is 2.04 bits per heavy atom. The van der Waals surface area contributed by atoms with E-state index in [-0.39, 0.29) is 6.79 Å². The average Bonchev–Trinajstić information content (AvgIpc) is 3.19. The molecule has 0 unspecified atom stereocenters. The van der Waals surface area contributed by atoms with Gasteiger partial charge in [-0.25, -0.2) is 4.98 Å². The largest absolute Gasteiger partial charge is 0.454 e. The lowest BCUT2D eigenvalue weighted by atomic mass is 10.0. The summed E-state index contributed by atoms with van der Waals surface area (Å²) in [6, 6.07) is 9.17. The van der Waals surface area contributed by atoms with Gasteiger partial charge >= 0.3 is 0 Å². The van der Waals surface area contributed by atoms with E-state index in [1.807, 2.05) is 23.6 Å². The normalized spacial score (nSPS) is 12.4. The van der Waals surface area contributed by atoms with Crippen molar-refractivity contribution in [1.29, 1.82) is 0 Å². The lowest BCUT2D eigenvalue weighted by Crippen LogP contribution is -1.96. The number of nitrogens with one attached hydrogen (secondary N) is 1. The first-order valence-corrected chi connectivity index (χ1v) is 8.40. The highest BCUT2D eigenvalue weighted by atomic mass is 35.5. The van der Waals surface area contributed by atoms with E-state index in [1.54, 1.807) is 18.3 Å². The lowest BCUT2D eigenvalue weighted by molar-refractivity contribution is 0.174. The molecule has 23 heavy (non-hydrogen) atoms. The number of nitrogens with zero attached hydrogens (tertiary/aromatic N) is 1. The van der Waals surface area contributed by atoms with Gasteiger partial charge in [-0.2, -0.15) is 0 Å². The fourth-order valence-corrected chi connectivity index (χ4v) is 3.48. The Kier molecular flexibility index (Phi) is 3.77. The van der Waals surface area contributed by atoms with Gasteiger partial charge in [0.05, 0.1) is 16.3 Å². The molecule has 1 aliphatic rings. The van der Waals surface area contributed by atoms with Crippen molar-refractivity contribution in [3.05, 3.63) is 52.0 Å². The van der Waals surface area contributed by atoms with Crippen LogP contribution >= 0.6 is 34.5 Å². The van der Waals surface area contributed by atoms with Crippen molar-refractivity contribution < 1.29 is 9.47 Å². The summed E-state index contributed by atoms with van der Waals surface area (Å²) < 4.78 is 11.1. The molecule has 0 spiro atoms. The van der Waals surface area contributed by atoms with Gasteiger partial charge in [0.1, 0.15) is 0 Å². The van der Waals surface area contributed by atoms with Crippen molar-refractivity contribution in [2.75, 3.05) is 12.1 Å². The highest BCUT2D eigenvalue weighted by Crippen LogP contribution is 2.48. The third-order valence-electron chi connectivity index (χ3n) is 3.41. The molecule has 1 N–H and O–H groups in total. The Morgan fingerprint density at radius 3 is 2.83 bits per heavy atom. The molecule has 2 aromatic carbocycles. The van der Waals surface area contributed by atoms with Crippen LogP contribution in [0.15, 0.2) is 41.9 Å². The predicted octanol–water partition coefficient (Wildman–Crippen LogP) is 5.59. The Labute approximate surface area is 146 Å². The number of hydrogen-bond donors (Lipinski definition) is 1. The third-order valence-corrected chi connectivity index (χ3v) is 4.65. The topological polar surface area (TPSA) is 43.4 Å². The smallest absolute Gasteiger partial charge is 0.231 e. The number of halogens is 2. The van der Waals surface area contributed by atoms with E-state index < -0.39 is 0 Å². The minimum atomic E-state index is 0.189. The highest BCUT2D eigenvalue weighted by molar-refractivity contribution is 7.13. The first kappa shape index (κ1) is 14.6. The van der Waals surface area contributed by atoms with Gasteiger partial charge in [-0.1, -0.05) is 29.3 Å². The number of hydrogen-bond acceptors (Lipinski definition) is 5. The van der Waals surface area contributed by atoms with E-state index in [4.69, 9.17) is 32.7 Å². The zero-order valence-electron chi connectivity index (χ0n) is 11.7. The molecule has 116 valence electrons. The van der Waals surface area contributed by atoms with Gasteiger partial charge in [0.15, 0.2) is 16.6 Å². The lowest BCUT2D eigenvalue weighted by Gasteiger charge is -2.14. The Bertz CT molecular complexity index is 869. The van der Waals surface area contributed by atoms with Crippen molar-refractivity contribution in [1.82, 2.24) is 4.98 Å². The van der Waals surface area contributed by atoms with Crippen LogP contribution < -0.4 is 14.8 Å². The summed E-state index contributed by atoms with van der Waals surface area (Å²) in [6.07, 6.45) is 1.74. The number of benzene rings is 2. The second kappa shape index (κ2) is 5.92. The summed E-state index contributed by atoms with van der Waals surface area (Å²) >= 11 is 13.9. The number of fused-ring (bicyclic) bond motifs is 1. The molecule has 0 saturated heterocycles. The van der Waals surface area contributed by atoms with Gasteiger partial charge in [-0.3, -0.25) is 0 Å². The molecule has 0 aliphatic carbocycles. The molecule has 7 heteroatoms. The van der Waals surface area contributed by atoms with Crippen molar-refractivity contribution >= 4 is 45.4 Å². The van der Waals surface area contributed by atoms with Gasteiger partial charge in [-0.15, -0.1) is 11.3 Å². The van der Waals surface area contributed by atoms with Crippen LogP contribution in [0.2, 0.25) is 10.0 Å². The monoisotopic (exact) mass is 364 g/mol. The number of ether oxygens (including phenoxy) is 2. The average molecular weight is 365 g/mol. The van der Waals surface area contributed by atoms with Crippen molar-refractivity contribution in [2.24, 2.45) is 0 Å². The van der Waals surface area contributed by atoms with Crippen LogP contribution in [-0.2, 0) is 0 Å². The minimum Gasteiger partial charge on any atom is -0.454 e. The Morgan fingerprint density at radius 1 is 1.13 bits per heavy atom. The molecular weight excluding hydrogens is 355 g/mol. The number of rotatable bonds is 3. The quantitative estimate of drug-likeness (QED) is 0.657. The molecule has 0 radical (unpaired) electrons. The molecule has 4 rings (SSSR count). The molecule has 0 atom stereocenters. The minimum absolute atomic E-state index is 0.189. The first-order chi connectivity index (χ1) is 11.2. The van der Waals surface area contributed by atoms with Crippen molar-refractivity contribution in [2.45, 2.75) is 0 Å². The molecule has 1 aliphatic heterocycles. The number of anilines is 2. The SMILES string of the molecule is Clc1ccc(-c2c(Nc3nccs3)ccc3c2OCO3)c(Cl)c1. The van der Waals surface area contributed by atoms with Gasteiger partial charge in [-0.05, 0) is 24.3 Å². The number of aromatic nitrogens is 1. The molecule has 0 saturated carbocycles. The summed E-state index contributed by atoms with van der Waals surface area (Å²) in [5.41, 5.74) is 2.49. The Balaban J connectivity index is 1.90. The molecular formula is C16H10Cl2N2O2S. The number of thiazole rings is 1. The summed E-state index contributed by atoms with van der Waals surface area (Å²) in [7, 11) is 0. The van der Waals surface area contributed by atoms with Crippen molar-refractivity contribution in [3.8, 4) is 22.6 Å². The van der Waals surface area contributed by atoms with E-state index >= 15 is 0 Å². The highest BCUT2D eigenvalue weighted by Gasteiger charge is 2.24. The van der Waals surface area contributed by atoms with Gasteiger partial charge in [0.2, 0.25) is 6.79 Å². The van der Waals surface area contributed by atoms with Crippen molar-refractivity contribution in [3.63, 3.8) is 0 Å². The molecule has 2 heterocycles. The van der Waals surface area contributed by atoms with E-state index in [9.17, 15) is 0 Å². The maximum Gasteiger partial charge on any atom is 0.231 e. The summed E-state index contributed by atoms with van der Waals surface area (Å²) in [6.45, 7) is 0.189. The van der Waals surface area contributed by atoms with Gasteiger partial charge < -0.3 is 14.8 Å². The van der Waals surface area contributed by atoms with Crippen LogP contribution in [0.4, 0.5) is 10.8 Å². The molecule has 0 bridgehead atoms.